The standard InChI is InChI=1S/C45H34N6/c1-7-19-36(20-8-1)49(37-21-9-2-10-22-37)42-33-31-35(32-34-42)43-46-44(50(38-23-11-3-12-24-38)39-25-13-4-14-26-39)48-45(47-43)51(40-27-15-5-16-28-40)41-29-17-6-18-30-41/h1-34H. The molecule has 0 saturated carbocycles. The van der Waals surface area contributed by atoms with Crippen LogP contribution < -0.4 is 14.7 Å². The lowest BCUT2D eigenvalue weighted by molar-refractivity contribution is 0.988. The number of para-hydroxylation sites is 6. The summed E-state index contributed by atoms with van der Waals surface area (Å²) in [5.41, 5.74) is 7.80. The van der Waals surface area contributed by atoms with Crippen LogP contribution in [0.1, 0.15) is 0 Å². The maximum Gasteiger partial charge on any atom is 0.240 e. The van der Waals surface area contributed by atoms with Crippen molar-refractivity contribution in [1.29, 1.82) is 0 Å². The molecule has 1 heterocycles. The molecule has 0 amide bonds. The Bertz CT molecular complexity index is 2070. The van der Waals surface area contributed by atoms with E-state index in [0.717, 1.165) is 45.4 Å². The summed E-state index contributed by atoms with van der Waals surface area (Å²) in [5, 5.41) is 0. The number of aromatic nitrogens is 3. The van der Waals surface area contributed by atoms with Crippen molar-refractivity contribution in [2.45, 2.75) is 0 Å². The molecule has 0 unspecified atom stereocenters. The molecule has 0 spiro atoms. The molecule has 7 aromatic carbocycles. The van der Waals surface area contributed by atoms with Gasteiger partial charge in [-0.05, 0) is 97.1 Å². The molecule has 0 radical (unpaired) electrons. The lowest BCUT2D eigenvalue weighted by atomic mass is 10.1. The number of benzene rings is 7. The first kappa shape index (κ1) is 31.2. The highest BCUT2D eigenvalue weighted by Gasteiger charge is 2.23. The number of hydrogen-bond donors (Lipinski definition) is 0. The number of rotatable bonds is 10. The van der Waals surface area contributed by atoms with Gasteiger partial charge in [0.2, 0.25) is 11.9 Å². The van der Waals surface area contributed by atoms with E-state index in [0.29, 0.717) is 17.7 Å². The fourth-order valence-electron chi connectivity index (χ4n) is 6.11. The highest BCUT2D eigenvalue weighted by molar-refractivity contribution is 5.80. The maximum atomic E-state index is 5.21. The summed E-state index contributed by atoms with van der Waals surface area (Å²) in [5.74, 6) is 1.56. The molecular formula is C45H34N6. The number of nitrogens with zero attached hydrogens (tertiary/aromatic N) is 6. The molecule has 0 bridgehead atoms. The summed E-state index contributed by atoms with van der Waals surface area (Å²) in [6, 6.07) is 70.0. The first-order valence-electron chi connectivity index (χ1n) is 16.9. The van der Waals surface area contributed by atoms with Gasteiger partial charge in [-0.1, -0.05) is 109 Å². The van der Waals surface area contributed by atoms with Crippen molar-refractivity contribution in [2.75, 3.05) is 14.7 Å². The molecule has 8 rings (SSSR count). The van der Waals surface area contributed by atoms with Crippen molar-refractivity contribution in [3.05, 3.63) is 206 Å². The average molecular weight is 659 g/mol. The van der Waals surface area contributed by atoms with Gasteiger partial charge in [-0.2, -0.15) is 15.0 Å². The zero-order valence-corrected chi connectivity index (χ0v) is 27.8. The molecule has 6 heteroatoms. The minimum atomic E-state index is 0.503. The second kappa shape index (κ2) is 14.6. The van der Waals surface area contributed by atoms with Crippen LogP contribution in [0.15, 0.2) is 206 Å². The van der Waals surface area contributed by atoms with E-state index in [1.165, 1.54) is 0 Å². The van der Waals surface area contributed by atoms with Gasteiger partial charge in [0.1, 0.15) is 0 Å². The minimum absolute atomic E-state index is 0.503. The van der Waals surface area contributed by atoms with Crippen molar-refractivity contribution in [3.8, 4) is 11.4 Å². The molecule has 0 atom stereocenters. The summed E-state index contributed by atoms with van der Waals surface area (Å²) in [6.45, 7) is 0. The van der Waals surface area contributed by atoms with Crippen LogP contribution in [0.3, 0.4) is 0 Å². The second-order valence-electron chi connectivity index (χ2n) is 11.8. The van der Waals surface area contributed by atoms with E-state index in [2.05, 4.69) is 136 Å². The first-order valence-corrected chi connectivity index (χ1v) is 16.9. The Morgan fingerprint density at radius 2 is 0.490 bits per heavy atom. The first-order chi connectivity index (χ1) is 25.3. The van der Waals surface area contributed by atoms with E-state index >= 15 is 0 Å². The van der Waals surface area contributed by atoms with Gasteiger partial charge in [-0.3, -0.25) is 9.80 Å². The summed E-state index contributed by atoms with van der Waals surface area (Å²) in [6.07, 6.45) is 0. The van der Waals surface area contributed by atoms with Gasteiger partial charge in [0, 0.05) is 45.4 Å². The Balaban J connectivity index is 1.31. The van der Waals surface area contributed by atoms with Crippen molar-refractivity contribution >= 4 is 51.7 Å². The molecular weight excluding hydrogens is 625 g/mol. The van der Waals surface area contributed by atoms with E-state index in [-0.39, 0.29) is 0 Å². The Hall–Kier alpha value is -7.05. The van der Waals surface area contributed by atoms with Crippen molar-refractivity contribution < 1.29 is 0 Å². The Morgan fingerprint density at radius 3 is 0.784 bits per heavy atom. The number of hydrogen-bond acceptors (Lipinski definition) is 6. The lowest BCUT2D eigenvalue weighted by Crippen LogP contribution is -2.19. The zero-order chi connectivity index (χ0) is 34.2. The largest absolute Gasteiger partial charge is 0.311 e. The van der Waals surface area contributed by atoms with Gasteiger partial charge in [0.15, 0.2) is 5.82 Å². The molecule has 8 aromatic rings. The molecule has 0 N–H and O–H groups in total. The Morgan fingerprint density at radius 1 is 0.235 bits per heavy atom. The van der Waals surface area contributed by atoms with Crippen LogP contribution >= 0.6 is 0 Å². The van der Waals surface area contributed by atoms with E-state index in [1.54, 1.807) is 0 Å². The topological polar surface area (TPSA) is 48.4 Å². The second-order valence-corrected chi connectivity index (χ2v) is 11.8. The molecule has 0 fully saturated rings. The minimum Gasteiger partial charge on any atom is -0.311 e. The van der Waals surface area contributed by atoms with E-state index in [4.69, 9.17) is 15.0 Å². The van der Waals surface area contributed by atoms with E-state index in [9.17, 15) is 0 Å². The van der Waals surface area contributed by atoms with Crippen molar-refractivity contribution in [2.24, 2.45) is 0 Å². The SMILES string of the molecule is c1ccc(N(c2ccccc2)c2ccc(-c3nc(N(c4ccccc4)c4ccccc4)nc(N(c4ccccc4)c4ccccc4)n3)cc2)cc1. The normalized spacial score (nSPS) is 10.7. The zero-order valence-electron chi connectivity index (χ0n) is 27.8. The third kappa shape index (κ3) is 6.80. The van der Waals surface area contributed by atoms with Crippen molar-refractivity contribution in [1.82, 2.24) is 15.0 Å². The maximum absolute atomic E-state index is 5.21. The third-order valence-electron chi connectivity index (χ3n) is 8.48. The molecule has 0 aliphatic rings. The van der Waals surface area contributed by atoms with E-state index in [1.807, 2.05) is 84.9 Å². The summed E-state index contributed by atoms with van der Waals surface area (Å²) in [4.78, 5) is 22.0. The smallest absolute Gasteiger partial charge is 0.240 e. The predicted octanol–water partition coefficient (Wildman–Crippen LogP) is 11.9. The van der Waals surface area contributed by atoms with Crippen LogP contribution in [0, 0.1) is 0 Å². The fourth-order valence-corrected chi connectivity index (χ4v) is 6.11. The predicted molar refractivity (Wildman–Crippen MR) is 209 cm³/mol. The van der Waals surface area contributed by atoms with Gasteiger partial charge in [-0.25, -0.2) is 0 Å². The summed E-state index contributed by atoms with van der Waals surface area (Å²) >= 11 is 0. The molecule has 51 heavy (non-hydrogen) atoms. The Kier molecular flexibility index (Phi) is 8.94. The molecule has 244 valence electrons. The Labute approximate surface area is 298 Å². The van der Waals surface area contributed by atoms with Crippen LogP contribution in [-0.2, 0) is 0 Å². The van der Waals surface area contributed by atoms with Crippen LogP contribution in [-0.4, -0.2) is 15.0 Å². The number of anilines is 9. The van der Waals surface area contributed by atoms with Gasteiger partial charge in [-0.15, -0.1) is 0 Å². The average Bonchev–Trinajstić information content (AvgIpc) is 3.21. The summed E-state index contributed by atoms with van der Waals surface area (Å²) < 4.78 is 0. The monoisotopic (exact) mass is 658 g/mol. The molecule has 0 aliphatic heterocycles. The molecule has 0 saturated heterocycles. The van der Waals surface area contributed by atoms with Gasteiger partial charge < -0.3 is 4.90 Å². The van der Waals surface area contributed by atoms with Gasteiger partial charge >= 0.3 is 0 Å². The lowest BCUT2D eigenvalue weighted by Gasteiger charge is -2.27. The van der Waals surface area contributed by atoms with Crippen LogP contribution in [0.5, 0.6) is 0 Å². The van der Waals surface area contributed by atoms with E-state index < -0.39 is 0 Å². The van der Waals surface area contributed by atoms with Gasteiger partial charge in [0.25, 0.3) is 0 Å². The fraction of sp³-hybridized carbons (Fsp3) is 0. The quantitative estimate of drug-likeness (QED) is 0.146. The van der Waals surface area contributed by atoms with Crippen LogP contribution in [0.4, 0.5) is 51.7 Å². The molecule has 0 aliphatic carbocycles. The molecule has 6 nitrogen and oxygen atoms in total. The highest BCUT2D eigenvalue weighted by Crippen LogP contribution is 2.39. The van der Waals surface area contributed by atoms with Crippen LogP contribution in [0.25, 0.3) is 11.4 Å². The van der Waals surface area contributed by atoms with Gasteiger partial charge in [0.05, 0.1) is 0 Å². The molecule has 1 aromatic heterocycles. The third-order valence-corrected chi connectivity index (χ3v) is 8.48. The summed E-state index contributed by atoms with van der Waals surface area (Å²) in [7, 11) is 0. The highest BCUT2D eigenvalue weighted by atomic mass is 15.3. The van der Waals surface area contributed by atoms with Crippen LogP contribution in [0.2, 0.25) is 0 Å². The van der Waals surface area contributed by atoms with Crippen molar-refractivity contribution in [3.63, 3.8) is 0 Å².